The minimum absolute atomic E-state index is 0.00234. The van der Waals surface area contributed by atoms with E-state index in [1.165, 1.54) is 18.2 Å². The average molecular weight is 268 g/mol. The molecule has 0 aromatic heterocycles. The lowest BCUT2D eigenvalue weighted by Gasteiger charge is -2.14. The first kappa shape index (κ1) is 14.5. The van der Waals surface area contributed by atoms with Crippen molar-refractivity contribution in [2.24, 2.45) is 5.84 Å². The van der Waals surface area contributed by atoms with Crippen LogP contribution in [-0.2, 0) is 4.79 Å². The van der Waals surface area contributed by atoms with Gasteiger partial charge in [-0.25, -0.2) is 5.84 Å². The van der Waals surface area contributed by atoms with Gasteiger partial charge in [0.1, 0.15) is 6.04 Å². The molecule has 0 bridgehead atoms. The number of nitro benzene ring substituents is 1. The van der Waals surface area contributed by atoms with Crippen LogP contribution in [0.2, 0.25) is 0 Å². The van der Waals surface area contributed by atoms with Crippen molar-refractivity contribution in [2.45, 2.75) is 6.04 Å². The molecule has 2 amide bonds. The van der Waals surface area contributed by atoms with Gasteiger partial charge < -0.3 is 10.4 Å². The molecule has 0 spiro atoms. The third-order valence-electron chi connectivity index (χ3n) is 2.27. The molecule has 1 atom stereocenters. The number of nitrogens with one attached hydrogen (secondary N) is 2. The number of hydrazine groups is 1. The second-order valence-electron chi connectivity index (χ2n) is 3.52. The number of hydrogen-bond acceptors (Lipinski definition) is 6. The van der Waals surface area contributed by atoms with Crippen molar-refractivity contribution in [3.63, 3.8) is 0 Å². The quantitative estimate of drug-likeness (QED) is 0.225. The molecule has 0 heterocycles. The number of aliphatic hydroxyl groups is 1. The van der Waals surface area contributed by atoms with Crippen molar-refractivity contribution in [1.82, 2.24) is 10.7 Å². The van der Waals surface area contributed by atoms with Gasteiger partial charge in [-0.15, -0.1) is 0 Å². The summed E-state index contributed by atoms with van der Waals surface area (Å²) in [5.41, 5.74) is 1.52. The van der Waals surface area contributed by atoms with Gasteiger partial charge in [-0.3, -0.25) is 25.1 Å². The first-order chi connectivity index (χ1) is 8.99. The molecular weight excluding hydrogens is 256 g/mol. The summed E-state index contributed by atoms with van der Waals surface area (Å²) < 4.78 is 0. The summed E-state index contributed by atoms with van der Waals surface area (Å²) in [4.78, 5) is 32.8. The van der Waals surface area contributed by atoms with Gasteiger partial charge in [0.2, 0.25) is 0 Å². The van der Waals surface area contributed by atoms with Crippen LogP contribution >= 0.6 is 0 Å². The van der Waals surface area contributed by atoms with Crippen LogP contribution in [0.4, 0.5) is 5.69 Å². The molecule has 1 aromatic rings. The molecule has 9 heteroatoms. The molecule has 1 rings (SSSR count). The van der Waals surface area contributed by atoms with Gasteiger partial charge in [-0.2, -0.15) is 0 Å². The van der Waals surface area contributed by atoms with E-state index in [1.807, 2.05) is 0 Å². The first-order valence-corrected chi connectivity index (χ1v) is 5.16. The fourth-order valence-corrected chi connectivity index (χ4v) is 1.30. The number of non-ortho nitro benzene ring substituents is 1. The number of hydrogen-bond donors (Lipinski definition) is 4. The van der Waals surface area contributed by atoms with E-state index in [2.05, 4.69) is 5.32 Å². The van der Waals surface area contributed by atoms with Crippen LogP contribution in [0.25, 0.3) is 0 Å². The lowest BCUT2D eigenvalue weighted by molar-refractivity contribution is -0.384. The van der Waals surface area contributed by atoms with E-state index in [4.69, 9.17) is 10.9 Å². The number of aliphatic hydroxyl groups excluding tert-OH is 1. The number of amides is 2. The normalized spacial score (nSPS) is 11.5. The molecule has 0 saturated carbocycles. The lowest BCUT2D eigenvalue weighted by Crippen LogP contribution is -2.50. The number of nitrogens with two attached hydrogens (primary N) is 1. The number of rotatable bonds is 5. The number of carbonyl (C=O) groups is 2. The van der Waals surface area contributed by atoms with Crippen molar-refractivity contribution >= 4 is 17.5 Å². The Morgan fingerprint density at radius 3 is 2.68 bits per heavy atom. The molecule has 1 aromatic carbocycles. The maximum Gasteiger partial charge on any atom is 0.270 e. The van der Waals surface area contributed by atoms with Crippen molar-refractivity contribution in [1.29, 1.82) is 0 Å². The molecule has 0 aliphatic heterocycles. The predicted molar refractivity (Wildman–Crippen MR) is 63.8 cm³/mol. The molecule has 0 saturated heterocycles. The van der Waals surface area contributed by atoms with Crippen LogP contribution < -0.4 is 16.6 Å². The third kappa shape index (κ3) is 3.72. The standard InChI is InChI=1S/C10H12N4O5/c11-13-10(17)8(5-15)12-9(16)6-2-1-3-7(4-6)14(18)19/h1-4,8,15H,5,11H2,(H,12,16)(H,13,17)/t8-/m1/s1. The first-order valence-electron chi connectivity index (χ1n) is 5.16. The smallest absolute Gasteiger partial charge is 0.270 e. The maximum atomic E-state index is 11.7. The van der Waals surface area contributed by atoms with E-state index in [0.29, 0.717) is 0 Å². The fraction of sp³-hybridized carbons (Fsp3) is 0.200. The summed E-state index contributed by atoms with van der Waals surface area (Å²) in [6.45, 7) is -0.649. The molecule has 0 aliphatic carbocycles. The van der Waals surface area contributed by atoms with Crippen LogP contribution in [0.5, 0.6) is 0 Å². The van der Waals surface area contributed by atoms with E-state index in [1.54, 1.807) is 5.43 Å². The highest BCUT2D eigenvalue weighted by Gasteiger charge is 2.20. The Kier molecular flexibility index (Phi) is 4.92. The van der Waals surface area contributed by atoms with E-state index in [9.17, 15) is 19.7 Å². The Bertz CT molecular complexity index is 504. The zero-order valence-corrected chi connectivity index (χ0v) is 9.70. The van der Waals surface area contributed by atoms with Gasteiger partial charge >= 0.3 is 0 Å². The topological polar surface area (TPSA) is 148 Å². The summed E-state index contributed by atoms with van der Waals surface area (Å²) >= 11 is 0. The highest BCUT2D eigenvalue weighted by molar-refractivity contribution is 5.97. The molecule has 0 radical (unpaired) electrons. The molecule has 102 valence electrons. The third-order valence-corrected chi connectivity index (χ3v) is 2.27. The number of nitrogens with zero attached hydrogens (tertiary/aromatic N) is 1. The molecular formula is C10H12N4O5. The lowest BCUT2D eigenvalue weighted by atomic mass is 10.1. The molecule has 0 fully saturated rings. The molecule has 5 N–H and O–H groups in total. The van der Waals surface area contributed by atoms with Crippen molar-refractivity contribution in [3.05, 3.63) is 39.9 Å². The van der Waals surface area contributed by atoms with E-state index >= 15 is 0 Å². The summed E-state index contributed by atoms with van der Waals surface area (Å²) in [5.74, 6) is 3.37. The second kappa shape index (κ2) is 6.42. The van der Waals surface area contributed by atoms with Gasteiger partial charge in [0, 0.05) is 17.7 Å². The highest BCUT2D eigenvalue weighted by atomic mass is 16.6. The van der Waals surface area contributed by atoms with E-state index < -0.39 is 29.4 Å². The fourth-order valence-electron chi connectivity index (χ4n) is 1.30. The van der Waals surface area contributed by atoms with Crippen LogP contribution in [0.15, 0.2) is 24.3 Å². The maximum absolute atomic E-state index is 11.7. The zero-order chi connectivity index (χ0) is 14.4. The van der Waals surface area contributed by atoms with E-state index in [0.717, 1.165) is 6.07 Å². The monoisotopic (exact) mass is 268 g/mol. The van der Waals surface area contributed by atoms with E-state index in [-0.39, 0.29) is 11.3 Å². The van der Waals surface area contributed by atoms with Crippen LogP contribution in [0, 0.1) is 10.1 Å². The average Bonchev–Trinajstić information content (AvgIpc) is 2.43. The largest absolute Gasteiger partial charge is 0.394 e. The van der Waals surface area contributed by atoms with Crippen molar-refractivity contribution < 1.29 is 19.6 Å². The Labute approximate surface area is 107 Å². The second-order valence-corrected chi connectivity index (χ2v) is 3.52. The number of carbonyl (C=O) groups excluding carboxylic acids is 2. The minimum Gasteiger partial charge on any atom is -0.394 e. The number of nitro groups is 1. The highest BCUT2D eigenvalue weighted by Crippen LogP contribution is 2.12. The molecule has 9 nitrogen and oxygen atoms in total. The minimum atomic E-state index is -1.23. The SMILES string of the molecule is NNC(=O)[C@@H](CO)NC(=O)c1cccc([N+](=O)[O-])c1. The summed E-state index contributed by atoms with van der Waals surface area (Å²) in [6.07, 6.45) is 0. The van der Waals surface area contributed by atoms with Crippen molar-refractivity contribution in [2.75, 3.05) is 6.61 Å². The summed E-state index contributed by atoms with van der Waals surface area (Å²) in [5, 5.41) is 21.7. The van der Waals surface area contributed by atoms with Gasteiger partial charge in [-0.1, -0.05) is 6.07 Å². The zero-order valence-electron chi connectivity index (χ0n) is 9.70. The predicted octanol–water partition coefficient (Wildman–Crippen LogP) is -1.32. The van der Waals surface area contributed by atoms with Crippen LogP contribution in [-0.4, -0.2) is 34.5 Å². The van der Waals surface area contributed by atoms with Crippen LogP contribution in [0.1, 0.15) is 10.4 Å². The summed E-state index contributed by atoms with van der Waals surface area (Å²) in [7, 11) is 0. The Morgan fingerprint density at radius 2 is 2.16 bits per heavy atom. The molecule has 0 unspecified atom stereocenters. The Balaban J connectivity index is 2.85. The molecule has 19 heavy (non-hydrogen) atoms. The van der Waals surface area contributed by atoms with Gasteiger partial charge in [0.25, 0.3) is 17.5 Å². The van der Waals surface area contributed by atoms with Gasteiger partial charge in [-0.05, 0) is 6.07 Å². The summed E-state index contributed by atoms with van der Waals surface area (Å²) in [6, 6.07) is 3.75. The Hall–Kier alpha value is -2.52. The van der Waals surface area contributed by atoms with Gasteiger partial charge in [0.05, 0.1) is 11.5 Å². The van der Waals surface area contributed by atoms with Crippen LogP contribution in [0.3, 0.4) is 0 Å². The van der Waals surface area contributed by atoms with Crippen molar-refractivity contribution in [3.8, 4) is 0 Å². The molecule has 0 aliphatic rings. The number of benzene rings is 1. The van der Waals surface area contributed by atoms with Gasteiger partial charge in [0.15, 0.2) is 0 Å². The Morgan fingerprint density at radius 1 is 1.47 bits per heavy atom.